The van der Waals surface area contributed by atoms with Crippen molar-refractivity contribution < 1.29 is 23.8 Å². The third kappa shape index (κ3) is 3.99. The van der Waals surface area contributed by atoms with Gasteiger partial charge < -0.3 is 19.1 Å². The van der Waals surface area contributed by atoms with Crippen LogP contribution in [0.5, 0.6) is 0 Å². The zero-order valence-corrected chi connectivity index (χ0v) is 20.1. The summed E-state index contributed by atoms with van der Waals surface area (Å²) in [6.07, 6.45) is 1.58. The Hall–Kier alpha value is -4.50. The third-order valence-corrected chi connectivity index (χ3v) is 6.84. The first kappa shape index (κ1) is 23.3. The first-order valence-corrected chi connectivity index (χ1v) is 11.8. The van der Waals surface area contributed by atoms with Crippen molar-refractivity contribution in [1.29, 1.82) is 0 Å². The summed E-state index contributed by atoms with van der Waals surface area (Å²) in [5, 5.41) is 11.5. The molecule has 0 unspecified atom stereocenters. The van der Waals surface area contributed by atoms with E-state index >= 15 is 0 Å². The molecule has 8 nitrogen and oxygen atoms in total. The number of carboxylic acid groups (broad SMARTS) is 1. The summed E-state index contributed by atoms with van der Waals surface area (Å²) in [4.78, 5) is 42.7. The molecule has 9 heteroatoms. The molecule has 0 amide bonds. The van der Waals surface area contributed by atoms with Crippen LogP contribution < -0.4 is 20.0 Å². The molecule has 3 heterocycles. The molecule has 1 aliphatic heterocycles. The average Bonchev–Trinajstić information content (AvgIpc) is 3.47. The van der Waals surface area contributed by atoms with Crippen molar-refractivity contribution in [3.63, 3.8) is 0 Å². The Morgan fingerprint density at radius 3 is 2.53 bits per heavy atom. The molecule has 0 bridgehead atoms. The average molecular weight is 500 g/mol. The van der Waals surface area contributed by atoms with Crippen LogP contribution >= 0.6 is 11.3 Å². The minimum Gasteiger partial charge on any atom is -0.545 e. The number of carbonyl (C=O) groups is 2. The van der Waals surface area contributed by atoms with Gasteiger partial charge in [0, 0.05) is 17.2 Å². The Balaban J connectivity index is 1.64. The Kier molecular flexibility index (Phi) is 5.99. The predicted octanol–water partition coefficient (Wildman–Crippen LogP) is 2.03. The van der Waals surface area contributed by atoms with Crippen LogP contribution in [0.15, 0.2) is 92.2 Å². The normalized spacial score (nSPS) is 15.4. The lowest BCUT2D eigenvalue weighted by molar-refractivity contribution is -0.254. The number of carbonyl (C=O) groups excluding carboxylic acids is 2. The predicted molar refractivity (Wildman–Crippen MR) is 131 cm³/mol. The van der Waals surface area contributed by atoms with Gasteiger partial charge >= 0.3 is 5.97 Å². The molecule has 0 aliphatic carbocycles. The highest BCUT2D eigenvalue weighted by Crippen LogP contribution is 2.30. The van der Waals surface area contributed by atoms with Crippen LogP contribution in [-0.4, -0.2) is 23.6 Å². The maximum Gasteiger partial charge on any atom is 0.338 e. The van der Waals surface area contributed by atoms with Gasteiger partial charge in [0.25, 0.3) is 5.56 Å². The minimum atomic E-state index is -1.31. The van der Waals surface area contributed by atoms with Crippen LogP contribution in [0.25, 0.3) is 17.4 Å². The van der Waals surface area contributed by atoms with Crippen LogP contribution in [0.4, 0.5) is 0 Å². The summed E-state index contributed by atoms with van der Waals surface area (Å²) in [6.45, 7) is 1.72. The van der Waals surface area contributed by atoms with E-state index in [1.54, 1.807) is 43.3 Å². The summed E-state index contributed by atoms with van der Waals surface area (Å²) in [7, 11) is 1.29. The summed E-state index contributed by atoms with van der Waals surface area (Å²) in [5.41, 5.74) is 1.56. The molecular weight excluding hydrogens is 480 g/mol. The molecule has 1 atom stereocenters. The molecule has 36 heavy (non-hydrogen) atoms. The number of esters is 1. The zero-order valence-electron chi connectivity index (χ0n) is 19.3. The Morgan fingerprint density at radius 2 is 1.81 bits per heavy atom. The lowest BCUT2D eigenvalue weighted by Crippen LogP contribution is -2.39. The lowest BCUT2D eigenvalue weighted by Gasteiger charge is -2.24. The second-order valence-electron chi connectivity index (χ2n) is 8.02. The van der Waals surface area contributed by atoms with Crippen molar-refractivity contribution in [1.82, 2.24) is 4.57 Å². The summed E-state index contributed by atoms with van der Waals surface area (Å²) in [5.74, 6) is -1.17. The largest absolute Gasteiger partial charge is 0.545 e. The summed E-state index contributed by atoms with van der Waals surface area (Å²) in [6, 6.07) is 18.2. The molecule has 0 radical (unpaired) electrons. The molecule has 2 aromatic carbocycles. The van der Waals surface area contributed by atoms with Gasteiger partial charge in [-0.3, -0.25) is 9.36 Å². The van der Waals surface area contributed by atoms with Gasteiger partial charge in [0.2, 0.25) is 0 Å². The monoisotopic (exact) mass is 499 g/mol. The number of allylic oxidation sites excluding steroid dienone is 1. The number of methoxy groups -OCH3 is 1. The van der Waals surface area contributed by atoms with Gasteiger partial charge in [0.05, 0.1) is 34.9 Å². The van der Waals surface area contributed by atoms with Crippen molar-refractivity contribution >= 4 is 29.4 Å². The van der Waals surface area contributed by atoms with Crippen LogP contribution in [0.2, 0.25) is 0 Å². The Labute approximate surface area is 208 Å². The number of furan rings is 1. The van der Waals surface area contributed by atoms with Gasteiger partial charge in [0.15, 0.2) is 4.80 Å². The number of hydrogen-bond donors (Lipinski definition) is 0. The van der Waals surface area contributed by atoms with E-state index in [2.05, 4.69) is 4.99 Å². The number of carboxylic acids is 1. The van der Waals surface area contributed by atoms with E-state index < -0.39 is 18.0 Å². The molecule has 0 N–H and O–H groups in total. The number of fused-ring (bicyclic) bond motifs is 1. The maximum atomic E-state index is 13.6. The number of benzene rings is 2. The van der Waals surface area contributed by atoms with Crippen molar-refractivity contribution in [3.8, 4) is 11.3 Å². The standard InChI is InChI=1S/C27H20N2O6S/c1-15-22(26(33)34-2)23(16-8-4-3-5-9-16)29-24(30)21(36-27(29)28-15)14-17-12-13-20(35-17)18-10-6-7-11-19(18)25(31)32/h3-14,23H,1-2H3,(H,31,32)/p-1/b21-14-/t23-/m1/s1. The molecule has 0 saturated carbocycles. The molecule has 5 rings (SSSR count). The Morgan fingerprint density at radius 1 is 1.08 bits per heavy atom. The molecule has 0 saturated heterocycles. The van der Waals surface area contributed by atoms with Crippen molar-refractivity contribution in [2.45, 2.75) is 13.0 Å². The number of aromatic nitrogens is 1. The van der Waals surface area contributed by atoms with E-state index in [0.29, 0.717) is 37.7 Å². The van der Waals surface area contributed by atoms with E-state index in [-0.39, 0.29) is 11.1 Å². The summed E-state index contributed by atoms with van der Waals surface area (Å²) >= 11 is 1.17. The molecule has 2 aromatic heterocycles. The quantitative estimate of drug-likeness (QED) is 0.388. The number of aromatic carboxylic acids is 1. The van der Waals surface area contributed by atoms with Crippen LogP contribution in [0, 0.1) is 0 Å². The minimum absolute atomic E-state index is 0.00597. The fourth-order valence-electron chi connectivity index (χ4n) is 4.22. The highest BCUT2D eigenvalue weighted by molar-refractivity contribution is 7.07. The van der Waals surface area contributed by atoms with E-state index in [1.165, 1.54) is 29.1 Å². The SMILES string of the molecule is COC(=O)C1=C(C)N=c2s/c(=C\c3ccc(-c4ccccc4C(=O)[O-])o3)c(=O)n2[C@@H]1c1ccccc1. The molecular formula is C27H19N2O6S-. The van der Waals surface area contributed by atoms with Gasteiger partial charge in [-0.05, 0) is 24.6 Å². The highest BCUT2D eigenvalue weighted by Gasteiger charge is 2.32. The second kappa shape index (κ2) is 9.27. The fraction of sp³-hybridized carbons (Fsp3) is 0.111. The first-order chi connectivity index (χ1) is 17.4. The first-order valence-electron chi connectivity index (χ1n) is 11.0. The van der Waals surface area contributed by atoms with Crippen LogP contribution in [0.3, 0.4) is 0 Å². The van der Waals surface area contributed by atoms with Gasteiger partial charge in [-0.1, -0.05) is 65.9 Å². The highest BCUT2D eigenvalue weighted by atomic mass is 32.1. The second-order valence-corrected chi connectivity index (χ2v) is 9.03. The molecule has 180 valence electrons. The van der Waals surface area contributed by atoms with Crippen molar-refractivity contribution in [2.75, 3.05) is 7.11 Å². The third-order valence-electron chi connectivity index (χ3n) is 5.85. The van der Waals surface area contributed by atoms with Gasteiger partial charge in [0.1, 0.15) is 11.5 Å². The zero-order chi connectivity index (χ0) is 25.4. The lowest BCUT2D eigenvalue weighted by atomic mass is 9.96. The number of rotatable bonds is 5. The number of hydrogen-bond acceptors (Lipinski definition) is 8. The number of ether oxygens (including phenoxy) is 1. The summed E-state index contributed by atoms with van der Waals surface area (Å²) < 4.78 is 12.7. The van der Waals surface area contributed by atoms with E-state index in [1.807, 2.05) is 30.3 Å². The van der Waals surface area contributed by atoms with Gasteiger partial charge in [-0.2, -0.15) is 0 Å². The smallest absolute Gasteiger partial charge is 0.338 e. The van der Waals surface area contributed by atoms with E-state index in [4.69, 9.17) is 9.15 Å². The molecule has 4 aromatic rings. The number of nitrogens with zero attached hydrogens (tertiary/aromatic N) is 2. The topological polar surface area (TPSA) is 114 Å². The fourth-order valence-corrected chi connectivity index (χ4v) is 5.25. The van der Waals surface area contributed by atoms with Gasteiger partial charge in [-0.15, -0.1) is 0 Å². The number of thiazole rings is 1. The van der Waals surface area contributed by atoms with E-state index in [0.717, 1.165) is 5.56 Å². The molecule has 0 spiro atoms. The molecule has 0 fully saturated rings. The Bertz CT molecular complexity index is 1710. The van der Waals surface area contributed by atoms with E-state index in [9.17, 15) is 19.5 Å². The maximum absolute atomic E-state index is 13.6. The van der Waals surface area contributed by atoms with Crippen LogP contribution in [0.1, 0.15) is 34.6 Å². The van der Waals surface area contributed by atoms with Gasteiger partial charge in [-0.25, -0.2) is 9.79 Å². The van der Waals surface area contributed by atoms with Crippen LogP contribution in [-0.2, 0) is 9.53 Å². The van der Waals surface area contributed by atoms with Crippen molar-refractivity contribution in [2.24, 2.45) is 4.99 Å². The van der Waals surface area contributed by atoms with Crippen molar-refractivity contribution in [3.05, 3.63) is 115 Å². The molecule has 1 aliphatic rings.